The Bertz CT molecular complexity index is 346. The second-order valence-electron chi connectivity index (χ2n) is 7.01. The highest BCUT2D eigenvalue weighted by molar-refractivity contribution is 5.84. The maximum atomic E-state index is 12.7. The minimum atomic E-state index is 0.0175. The smallest absolute Gasteiger partial charge is 0.241 e. The fourth-order valence-electron chi connectivity index (χ4n) is 3.72. The number of rotatable bonds is 7. The highest BCUT2D eigenvalue weighted by atomic mass is 16.5. The van der Waals surface area contributed by atoms with Crippen molar-refractivity contribution < 1.29 is 9.53 Å². The van der Waals surface area contributed by atoms with Gasteiger partial charge in [0.2, 0.25) is 5.91 Å². The zero-order valence-corrected chi connectivity index (χ0v) is 14.1. The lowest BCUT2D eigenvalue weighted by Gasteiger charge is -2.28. The van der Waals surface area contributed by atoms with E-state index < -0.39 is 0 Å². The van der Waals surface area contributed by atoms with Gasteiger partial charge in [-0.2, -0.15) is 0 Å². The molecule has 0 aromatic rings. The Balaban J connectivity index is 2.01. The molecule has 0 aromatic heterocycles. The Labute approximate surface area is 129 Å². The molecule has 2 heterocycles. The quantitative estimate of drug-likeness (QED) is 0.785. The number of hydrogen-bond donors (Lipinski definition) is 1. The summed E-state index contributed by atoms with van der Waals surface area (Å²) < 4.78 is 5.79. The molecule has 4 nitrogen and oxygen atoms in total. The van der Waals surface area contributed by atoms with E-state index in [1.807, 2.05) is 0 Å². The molecule has 0 aromatic carbocycles. The van der Waals surface area contributed by atoms with E-state index in [0.29, 0.717) is 23.8 Å². The van der Waals surface area contributed by atoms with Crippen molar-refractivity contribution in [3.8, 4) is 0 Å². The third-order valence-electron chi connectivity index (χ3n) is 4.80. The van der Waals surface area contributed by atoms with Gasteiger partial charge >= 0.3 is 0 Å². The van der Waals surface area contributed by atoms with Crippen molar-refractivity contribution in [2.24, 2.45) is 11.8 Å². The molecule has 0 bridgehead atoms. The lowest BCUT2D eigenvalue weighted by atomic mass is 9.98. The molecular weight excluding hydrogens is 264 g/mol. The first kappa shape index (κ1) is 16.8. The Morgan fingerprint density at radius 2 is 2.14 bits per heavy atom. The zero-order chi connectivity index (χ0) is 15.4. The van der Waals surface area contributed by atoms with Crippen molar-refractivity contribution in [2.75, 3.05) is 13.2 Å². The molecule has 1 amide bonds. The fourth-order valence-corrected chi connectivity index (χ4v) is 3.72. The summed E-state index contributed by atoms with van der Waals surface area (Å²) in [6.07, 6.45) is 5.80. The first-order chi connectivity index (χ1) is 10.1. The van der Waals surface area contributed by atoms with Crippen LogP contribution >= 0.6 is 0 Å². The van der Waals surface area contributed by atoms with Crippen LogP contribution < -0.4 is 5.32 Å². The molecule has 2 aliphatic heterocycles. The SMILES string of the molecule is CCCC1NC(CC(C)C)C(=O)N1CC1CCOC1CC. The average molecular weight is 296 g/mol. The Kier molecular flexibility index (Phi) is 6.06. The van der Waals surface area contributed by atoms with Gasteiger partial charge in [0.05, 0.1) is 18.3 Å². The molecule has 4 heteroatoms. The first-order valence-corrected chi connectivity index (χ1v) is 8.74. The third-order valence-corrected chi connectivity index (χ3v) is 4.80. The number of ether oxygens (including phenoxy) is 1. The molecule has 0 radical (unpaired) electrons. The second-order valence-corrected chi connectivity index (χ2v) is 7.01. The van der Waals surface area contributed by atoms with Crippen LogP contribution in [0.25, 0.3) is 0 Å². The van der Waals surface area contributed by atoms with E-state index in [1.54, 1.807) is 0 Å². The Morgan fingerprint density at radius 1 is 1.38 bits per heavy atom. The molecule has 4 atom stereocenters. The predicted octanol–water partition coefficient (Wildman–Crippen LogP) is 2.77. The van der Waals surface area contributed by atoms with E-state index in [0.717, 1.165) is 45.3 Å². The predicted molar refractivity (Wildman–Crippen MR) is 84.9 cm³/mol. The molecule has 21 heavy (non-hydrogen) atoms. The standard InChI is InChI=1S/C17H32N2O2/c1-5-7-16-18-14(10-12(3)4)17(20)19(16)11-13-8-9-21-15(13)6-2/h12-16,18H,5-11H2,1-4H3. The highest BCUT2D eigenvalue weighted by Gasteiger charge is 2.41. The molecule has 2 aliphatic rings. The van der Waals surface area contributed by atoms with Crippen LogP contribution in [0.2, 0.25) is 0 Å². The maximum Gasteiger partial charge on any atom is 0.241 e. The van der Waals surface area contributed by atoms with Gasteiger partial charge in [-0.15, -0.1) is 0 Å². The topological polar surface area (TPSA) is 41.6 Å². The minimum Gasteiger partial charge on any atom is -0.378 e. The van der Waals surface area contributed by atoms with Crippen LogP contribution in [0.4, 0.5) is 0 Å². The molecular formula is C17H32N2O2. The monoisotopic (exact) mass is 296 g/mol. The largest absolute Gasteiger partial charge is 0.378 e. The summed E-state index contributed by atoms with van der Waals surface area (Å²) in [4.78, 5) is 14.8. The lowest BCUT2D eigenvalue weighted by molar-refractivity contribution is -0.131. The second kappa shape index (κ2) is 7.59. The van der Waals surface area contributed by atoms with Gasteiger partial charge in [0.15, 0.2) is 0 Å². The van der Waals surface area contributed by atoms with Crippen molar-refractivity contribution in [1.82, 2.24) is 10.2 Å². The summed E-state index contributed by atoms with van der Waals surface area (Å²) >= 11 is 0. The highest BCUT2D eigenvalue weighted by Crippen LogP contribution is 2.28. The molecule has 0 spiro atoms. The summed E-state index contributed by atoms with van der Waals surface area (Å²) in [6.45, 7) is 10.5. The van der Waals surface area contributed by atoms with Crippen molar-refractivity contribution in [3.63, 3.8) is 0 Å². The Hall–Kier alpha value is -0.610. The molecule has 2 fully saturated rings. The van der Waals surface area contributed by atoms with Gasteiger partial charge in [-0.3, -0.25) is 10.1 Å². The van der Waals surface area contributed by atoms with Gasteiger partial charge in [-0.05, 0) is 31.6 Å². The molecule has 1 N–H and O–H groups in total. The van der Waals surface area contributed by atoms with Crippen LogP contribution in [-0.4, -0.2) is 42.3 Å². The molecule has 2 saturated heterocycles. The molecule has 0 saturated carbocycles. The number of nitrogens with zero attached hydrogens (tertiary/aromatic N) is 1. The summed E-state index contributed by atoms with van der Waals surface area (Å²) in [5, 5.41) is 3.57. The van der Waals surface area contributed by atoms with Crippen LogP contribution in [-0.2, 0) is 9.53 Å². The number of nitrogens with one attached hydrogen (secondary N) is 1. The van der Waals surface area contributed by atoms with E-state index in [4.69, 9.17) is 4.74 Å². The van der Waals surface area contributed by atoms with E-state index in [1.165, 1.54) is 0 Å². The van der Waals surface area contributed by atoms with Crippen molar-refractivity contribution in [1.29, 1.82) is 0 Å². The molecule has 4 unspecified atom stereocenters. The van der Waals surface area contributed by atoms with Gasteiger partial charge < -0.3 is 9.64 Å². The number of amides is 1. The summed E-state index contributed by atoms with van der Waals surface area (Å²) in [6, 6.07) is 0.0175. The lowest BCUT2D eigenvalue weighted by Crippen LogP contribution is -2.41. The van der Waals surface area contributed by atoms with Crippen LogP contribution in [0, 0.1) is 11.8 Å². The van der Waals surface area contributed by atoms with Crippen LogP contribution in [0.3, 0.4) is 0 Å². The summed E-state index contributed by atoms with van der Waals surface area (Å²) in [5.41, 5.74) is 0. The molecule has 122 valence electrons. The minimum absolute atomic E-state index is 0.0175. The van der Waals surface area contributed by atoms with Crippen molar-refractivity contribution >= 4 is 5.91 Å². The summed E-state index contributed by atoms with van der Waals surface area (Å²) in [5.74, 6) is 1.37. The number of carbonyl (C=O) groups is 1. The van der Waals surface area contributed by atoms with Crippen LogP contribution in [0.5, 0.6) is 0 Å². The first-order valence-electron chi connectivity index (χ1n) is 8.74. The van der Waals surface area contributed by atoms with Crippen molar-refractivity contribution in [3.05, 3.63) is 0 Å². The van der Waals surface area contributed by atoms with Crippen molar-refractivity contribution in [2.45, 2.75) is 78.1 Å². The number of hydrogen-bond acceptors (Lipinski definition) is 3. The maximum absolute atomic E-state index is 12.7. The van der Waals surface area contributed by atoms with E-state index in [9.17, 15) is 4.79 Å². The van der Waals surface area contributed by atoms with Gasteiger partial charge in [0, 0.05) is 19.1 Å². The van der Waals surface area contributed by atoms with Gasteiger partial charge in [0.25, 0.3) is 0 Å². The normalized spacial score (nSPS) is 33.4. The molecule has 0 aliphatic carbocycles. The summed E-state index contributed by atoms with van der Waals surface area (Å²) in [7, 11) is 0. The van der Waals surface area contributed by atoms with E-state index in [2.05, 4.69) is 37.9 Å². The van der Waals surface area contributed by atoms with Crippen LogP contribution in [0.15, 0.2) is 0 Å². The van der Waals surface area contributed by atoms with Gasteiger partial charge in [-0.1, -0.05) is 34.1 Å². The third kappa shape index (κ3) is 3.98. The van der Waals surface area contributed by atoms with Crippen LogP contribution in [0.1, 0.15) is 59.8 Å². The van der Waals surface area contributed by atoms with E-state index in [-0.39, 0.29) is 12.2 Å². The zero-order valence-electron chi connectivity index (χ0n) is 14.1. The fraction of sp³-hybridized carbons (Fsp3) is 0.941. The average Bonchev–Trinajstić information content (AvgIpc) is 2.99. The Morgan fingerprint density at radius 3 is 2.76 bits per heavy atom. The van der Waals surface area contributed by atoms with Gasteiger partial charge in [-0.25, -0.2) is 0 Å². The van der Waals surface area contributed by atoms with E-state index >= 15 is 0 Å². The molecule has 2 rings (SSSR count). The number of carbonyl (C=O) groups excluding carboxylic acids is 1. The van der Waals surface area contributed by atoms with Gasteiger partial charge in [0.1, 0.15) is 0 Å².